The van der Waals surface area contributed by atoms with Crippen LogP contribution in [0.2, 0.25) is 0 Å². The summed E-state index contributed by atoms with van der Waals surface area (Å²) in [6, 6.07) is 4.10. The van der Waals surface area contributed by atoms with E-state index >= 15 is 0 Å². The Morgan fingerprint density at radius 2 is 2.00 bits per heavy atom. The second-order valence-corrected chi connectivity index (χ2v) is 7.74. The Hall–Kier alpha value is -4.88. The lowest BCUT2D eigenvalue weighted by molar-refractivity contribution is -0.143. The van der Waals surface area contributed by atoms with Crippen LogP contribution in [0.5, 0.6) is 0 Å². The zero-order valence-corrected chi connectivity index (χ0v) is 19.6. The molecule has 196 valence electrons. The molecule has 1 aromatic carbocycles. The van der Waals surface area contributed by atoms with Crippen molar-refractivity contribution in [3.63, 3.8) is 0 Å². The summed E-state index contributed by atoms with van der Waals surface area (Å²) in [6.07, 6.45) is 2.65. The van der Waals surface area contributed by atoms with Gasteiger partial charge in [-0.1, -0.05) is 19.1 Å². The minimum atomic E-state index is -5.12. The van der Waals surface area contributed by atoms with Crippen LogP contribution in [0.1, 0.15) is 35.1 Å². The van der Waals surface area contributed by atoms with Crippen molar-refractivity contribution in [2.45, 2.75) is 19.5 Å². The number of fused-ring (bicyclic) bond motifs is 1. The Morgan fingerprint density at radius 3 is 2.74 bits per heavy atom. The number of rotatable bonds is 6. The molecule has 0 spiro atoms. The summed E-state index contributed by atoms with van der Waals surface area (Å²) in [4.78, 5) is 30.9. The van der Waals surface area contributed by atoms with Crippen LogP contribution < -0.4 is 16.4 Å². The number of aromatic nitrogens is 3. The molecule has 3 aromatic rings. The molecule has 0 bridgehead atoms. The van der Waals surface area contributed by atoms with Gasteiger partial charge in [-0.3, -0.25) is 4.79 Å². The van der Waals surface area contributed by atoms with E-state index in [4.69, 9.17) is 5.73 Å². The molecule has 0 fully saturated rings. The molecule has 0 atom stereocenters. The molecule has 0 radical (unpaired) electrons. The standard InChI is InChI=1S/C24H19F5N8O/c1-2-3-4-14(18-19-22(34-10-32-18)35-11-33-19)21(30)36-12-5-6-15(25)16(9-12)37-23(38)13-7-8-31-20(17(13)26)24(27,28)29/h3-11H,2H2,1H3,(H2,30,36)(H,32,34)(H,33,35)(H,37,38)/b4-3-,18-14?. The monoisotopic (exact) mass is 530 g/mol. The average Bonchev–Trinajstić information content (AvgIpc) is 3.35. The first-order valence-corrected chi connectivity index (χ1v) is 11.0. The minimum Gasteiger partial charge on any atom is -0.383 e. The van der Waals surface area contributed by atoms with Gasteiger partial charge in [-0.05, 0) is 30.7 Å². The number of carbonyl (C=O) groups excluding carboxylic acids is 1. The van der Waals surface area contributed by atoms with Crippen molar-refractivity contribution in [1.29, 1.82) is 0 Å². The summed E-state index contributed by atoms with van der Waals surface area (Å²) in [6.45, 7) is 1.92. The van der Waals surface area contributed by atoms with Crippen molar-refractivity contribution in [2.24, 2.45) is 15.7 Å². The number of aliphatic imine (C=N–C) groups is 2. The van der Waals surface area contributed by atoms with Crippen LogP contribution in [0.4, 0.5) is 39.1 Å². The van der Waals surface area contributed by atoms with Gasteiger partial charge in [-0.2, -0.15) is 13.2 Å². The quantitative estimate of drug-likeness (QED) is 0.203. The maximum absolute atomic E-state index is 14.5. The van der Waals surface area contributed by atoms with Gasteiger partial charge in [0.1, 0.15) is 17.3 Å². The molecule has 9 nitrogen and oxygen atoms in total. The minimum absolute atomic E-state index is 0.00642. The predicted molar refractivity (Wildman–Crippen MR) is 131 cm³/mol. The third-order valence-corrected chi connectivity index (χ3v) is 5.18. The number of allylic oxidation sites excluding steroid dienone is 1. The molecular formula is C24H19F5N8O. The van der Waals surface area contributed by atoms with Gasteiger partial charge in [0, 0.05) is 11.8 Å². The Morgan fingerprint density at radius 1 is 1.21 bits per heavy atom. The van der Waals surface area contributed by atoms with Crippen LogP contribution in [-0.2, 0) is 6.18 Å². The number of halogens is 5. The molecule has 1 aliphatic rings. The second kappa shape index (κ2) is 10.6. The molecular weight excluding hydrogens is 511 g/mol. The van der Waals surface area contributed by atoms with Gasteiger partial charge in [0.05, 0.1) is 35.3 Å². The molecule has 2 aromatic heterocycles. The Balaban J connectivity index is 1.68. The van der Waals surface area contributed by atoms with Gasteiger partial charge in [-0.15, -0.1) is 0 Å². The van der Waals surface area contributed by atoms with E-state index in [1.807, 2.05) is 13.0 Å². The van der Waals surface area contributed by atoms with Gasteiger partial charge >= 0.3 is 6.18 Å². The van der Waals surface area contributed by atoms with E-state index in [1.165, 1.54) is 18.7 Å². The van der Waals surface area contributed by atoms with Crippen molar-refractivity contribution >= 4 is 41.0 Å². The maximum atomic E-state index is 14.5. The third-order valence-electron chi connectivity index (χ3n) is 5.18. The van der Waals surface area contributed by atoms with E-state index in [-0.39, 0.29) is 11.5 Å². The average molecular weight is 530 g/mol. The van der Waals surface area contributed by atoms with Crippen molar-refractivity contribution in [1.82, 2.24) is 20.3 Å². The van der Waals surface area contributed by atoms with E-state index < -0.39 is 40.7 Å². The van der Waals surface area contributed by atoms with E-state index in [2.05, 4.69) is 35.6 Å². The van der Waals surface area contributed by atoms with E-state index in [9.17, 15) is 26.7 Å². The molecule has 0 saturated carbocycles. The number of benzene rings is 1. The highest BCUT2D eigenvalue weighted by Crippen LogP contribution is 2.31. The summed E-state index contributed by atoms with van der Waals surface area (Å²) >= 11 is 0. The van der Waals surface area contributed by atoms with Crippen molar-refractivity contribution in [3.05, 3.63) is 83.1 Å². The Labute approximate surface area is 212 Å². The van der Waals surface area contributed by atoms with E-state index in [0.29, 0.717) is 35.4 Å². The zero-order chi connectivity index (χ0) is 27.4. The number of aromatic amines is 1. The first kappa shape index (κ1) is 26.2. The predicted octanol–water partition coefficient (Wildman–Crippen LogP) is 4.98. The number of hydrogen-bond acceptors (Lipinski definition) is 6. The number of nitrogens with zero attached hydrogens (tertiary/aromatic N) is 4. The van der Waals surface area contributed by atoms with Crippen molar-refractivity contribution in [3.8, 4) is 0 Å². The normalized spacial score (nSPS) is 14.8. The second-order valence-electron chi connectivity index (χ2n) is 7.74. The Kier molecular flexibility index (Phi) is 7.32. The lowest BCUT2D eigenvalue weighted by Gasteiger charge is -2.15. The number of H-pyrrole nitrogens is 1. The fraction of sp³-hybridized carbons (Fsp3) is 0.125. The third kappa shape index (κ3) is 5.43. The molecule has 4 rings (SSSR count). The first-order valence-electron chi connectivity index (χ1n) is 11.0. The van der Waals surface area contributed by atoms with Gasteiger partial charge in [0.25, 0.3) is 5.91 Å². The highest BCUT2D eigenvalue weighted by atomic mass is 19.4. The molecule has 0 unspecified atom stereocenters. The zero-order valence-electron chi connectivity index (χ0n) is 19.6. The van der Waals surface area contributed by atoms with Crippen LogP contribution in [0.15, 0.2) is 64.5 Å². The smallest absolute Gasteiger partial charge is 0.383 e. The van der Waals surface area contributed by atoms with E-state index in [1.54, 1.807) is 6.08 Å². The number of carbonyl (C=O) groups is 1. The highest BCUT2D eigenvalue weighted by Gasteiger charge is 2.37. The van der Waals surface area contributed by atoms with Gasteiger partial charge < -0.3 is 21.4 Å². The number of nitrogens with one attached hydrogen (secondary N) is 3. The molecule has 0 saturated heterocycles. The molecule has 5 N–H and O–H groups in total. The number of nitrogens with two attached hydrogens (primary N) is 1. The summed E-state index contributed by atoms with van der Waals surface area (Å²) < 4.78 is 67.6. The van der Waals surface area contributed by atoms with Crippen LogP contribution >= 0.6 is 0 Å². The number of amides is 1. The molecule has 0 aliphatic carbocycles. The number of amidine groups is 1. The summed E-state index contributed by atoms with van der Waals surface area (Å²) in [5, 5.41) is 5.06. The van der Waals surface area contributed by atoms with Crippen molar-refractivity contribution in [2.75, 3.05) is 5.32 Å². The lowest BCUT2D eigenvalue weighted by Crippen LogP contribution is -2.22. The topological polar surface area (TPSA) is 133 Å². The number of anilines is 1. The molecule has 1 amide bonds. The number of pyridine rings is 1. The molecule has 38 heavy (non-hydrogen) atoms. The molecule has 14 heteroatoms. The van der Waals surface area contributed by atoms with Gasteiger partial charge in [-0.25, -0.2) is 28.7 Å². The Bertz CT molecular complexity index is 1500. The fourth-order valence-electron chi connectivity index (χ4n) is 3.43. The number of hydrogen-bond donors (Lipinski definition) is 4. The van der Waals surface area contributed by atoms with E-state index in [0.717, 1.165) is 18.2 Å². The number of alkyl halides is 3. The van der Waals surface area contributed by atoms with Crippen LogP contribution in [-0.4, -0.2) is 33.0 Å². The van der Waals surface area contributed by atoms with Crippen LogP contribution in [0, 0.1) is 11.6 Å². The van der Waals surface area contributed by atoms with Crippen LogP contribution in [0.3, 0.4) is 0 Å². The highest BCUT2D eigenvalue weighted by molar-refractivity contribution is 6.09. The summed E-state index contributed by atoms with van der Waals surface area (Å²) in [7, 11) is 0. The van der Waals surface area contributed by atoms with Gasteiger partial charge in [0.2, 0.25) is 0 Å². The largest absolute Gasteiger partial charge is 0.436 e. The van der Waals surface area contributed by atoms with Crippen LogP contribution in [0.25, 0.3) is 5.70 Å². The lowest BCUT2D eigenvalue weighted by atomic mass is 10.1. The molecule has 3 heterocycles. The number of imidazole rings is 1. The SMILES string of the molecule is CC/C=C\C(C(N)=Nc1ccc(F)c(NC(=O)c2ccnc(C(F)(F)F)c2F)c1)=C1NC=Nc2nc[nH]c21. The first-order chi connectivity index (χ1) is 18.1. The summed E-state index contributed by atoms with van der Waals surface area (Å²) in [5.41, 5.74) is 4.65. The summed E-state index contributed by atoms with van der Waals surface area (Å²) in [5.74, 6) is -3.69. The van der Waals surface area contributed by atoms with Gasteiger partial charge in [0.15, 0.2) is 17.3 Å². The maximum Gasteiger partial charge on any atom is 0.436 e. The van der Waals surface area contributed by atoms with Crippen molar-refractivity contribution < 1.29 is 26.7 Å². The fourth-order valence-corrected chi connectivity index (χ4v) is 3.43. The molecule has 1 aliphatic heterocycles.